The number of carbonyl (C=O) groups is 2. The van der Waals surface area contributed by atoms with Gasteiger partial charge in [0.05, 0.1) is 22.2 Å². The van der Waals surface area contributed by atoms with Crippen molar-refractivity contribution in [3.8, 4) is 5.69 Å². The summed E-state index contributed by atoms with van der Waals surface area (Å²) in [4.78, 5) is 28.4. The quantitative estimate of drug-likeness (QED) is 0.609. The second-order valence-electron chi connectivity index (χ2n) is 6.70. The Hall–Kier alpha value is -3.73. The molecule has 1 saturated heterocycles. The minimum Gasteiger partial charge on any atom is -0.481 e. The average Bonchev–Trinajstić information content (AvgIpc) is 3.38. The molecule has 0 aliphatic carbocycles. The van der Waals surface area contributed by atoms with E-state index in [2.05, 4.69) is 14.8 Å². The first-order valence-electron chi connectivity index (χ1n) is 8.95. The van der Waals surface area contributed by atoms with E-state index in [1.807, 2.05) is 0 Å². The molecule has 1 aliphatic rings. The maximum Gasteiger partial charge on any atom is 0.308 e. The molecule has 30 heavy (non-hydrogen) atoms. The van der Waals surface area contributed by atoms with Gasteiger partial charge in [0.25, 0.3) is 10.0 Å². The summed E-state index contributed by atoms with van der Waals surface area (Å²) in [7, 11) is -3.91. The van der Waals surface area contributed by atoms with Gasteiger partial charge in [0.2, 0.25) is 5.91 Å². The maximum absolute atomic E-state index is 12.8. The molecule has 1 fully saturated rings. The molecule has 1 amide bonds. The van der Waals surface area contributed by atoms with E-state index in [0.29, 0.717) is 17.1 Å². The van der Waals surface area contributed by atoms with Crippen LogP contribution in [0.2, 0.25) is 0 Å². The van der Waals surface area contributed by atoms with Crippen molar-refractivity contribution in [2.24, 2.45) is 5.92 Å². The summed E-state index contributed by atoms with van der Waals surface area (Å²) >= 11 is 0. The van der Waals surface area contributed by atoms with Gasteiger partial charge < -0.3 is 10.0 Å². The fourth-order valence-electron chi connectivity index (χ4n) is 3.22. The van der Waals surface area contributed by atoms with Crippen LogP contribution in [0.1, 0.15) is 6.42 Å². The van der Waals surface area contributed by atoms with E-state index in [9.17, 15) is 18.0 Å². The predicted molar refractivity (Wildman–Crippen MR) is 107 cm³/mol. The number of nitrogens with zero attached hydrogens (tertiary/aromatic N) is 4. The zero-order valence-corrected chi connectivity index (χ0v) is 16.4. The van der Waals surface area contributed by atoms with E-state index in [0.717, 1.165) is 0 Å². The summed E-state index contributed by atoms with van der Waals surface area (Å²) in [6.07, 6.45) is 2.73. The van der Waals surface area contributed by atoms with Crippen molar-refractivity contribution in [1.29, 1.82) is 0 Å². The van der Waals surface area contributed by atoms with Crippen LogP contribution >= 0.6 is 0 Å². The smallest absolute Gasteiger partial charge is 0.308 e. The molecular formula is C19H17N5O5S. The number of aliphatic carboxylic acids is 1. The Labute approximate surface area is 171 Å². The number of carboxylic acids is 1. The van der Waals surface area contributed by atoms with Crippen LogP contribution in [-0.4, -0.2) is 46.7 Å². The molecule has 0 saturated carbocycles. The van der Waals surface area contributed by atoms with Crippen molar-refractivity contribution in [1.82, 2.24) is 14.8 Å². The number of hydrogen-bond acceptors (Lipinski definition) is 6. The molecule has 1 unspecified atom stereocenters. The summed E-state index contributed by atoms with van der Waals surface area (Å²) in [5.74, 6) is -2.10. The van der Waals surface area contributed by atoms with Crippen molar-refractivity contribution in [2.45, 2.75) is 11.3 Å². The molecule has 4 rings (SSSR count). The second kappa shape index (κ2) is 7.59. The van der Waals surface area contributed by atoms with Gasteiger partial charge in [0.1, 0.15) is 12.7 Å². The van der Waals surface area contributed by atoms with Crippen LogP contribution in [0, 0.1) is 5.92 Å². The van der Waals surface area contributed by atoms with Crippen LogP contribution in [0.15, 0.2) is 66.1 Å². The normalized spacial score (nSPS) is 16.6. The van der Waals surface area contributed by atoms with Gasteiger partial charge in [0.15, 0.2) is 0 Å². The van der Waals surface area contributed by atoms with E-state index < -0.39 is 21.9 Å². The number of anilines is 2. The number of para-hydroxylation sites is 2. The van der Waals surface area contributed by atoms with E-state index >= 15 is 0 Å². The SMILES string of the molecule is O=C(O)C1CC(=O)N(c2ccc(S(=O)(=O)Nc3ccccc3-n3cncn3)cc2)C1. The van der Waals surface area contributed by atoms with Crippen molar-refractivity contribution in [2.75, 3.05) is 16.2 Å². The lowest BCUT2D eigenvalue weighted by atomic mass is 10.1. The number of aromatic nitrogens is 3. The van der Waals surface area contributed by atoms with Crippen LogP contribution < -0.4 is 9.62 Å². The topological polar surface area (TPSA) is 134 Å². The molecule has 2 heterocycles. The van der Waals surface area contributed by atoms with Crippen LogP contribution in [0.5, 0.6) is 0 Å². The van der Waals surface area contributed by atoms with Gasteiger partial charge in [-0.15, -0.1) is 0 Å². The van der Waals surface area contributed by atoms with Gasteiger partial charge in [-0.05, 0) is 36.4 Å². The first kappa shape index (κ1) is 19.6. The van der Waals surface area contributed by atoms with E-state index in [-0.39, 0.29) is 23.8 Å². The Bertz CT molecular complexity index is 1190. The van der Waals surface area contributed by atoms with Gasteiger partial charge >= 0.3 is 5.97 Å². The monoisotopic (exact) mass is 427 g/mol. The Morgan fingerprint density at radius 2 is 1.87 bits per heavy atom. The molecule has 2 aromatic carbocycles. The van der Waals surface area contributed by atoms with Gasteiger partial charge in [-0.25, -0.2) is 18.1 Å². The van der Waals surface area contributed by atoms with Crippen molar-refractivity contribution in [3.05, 3.63) is 61.2 Å². The minimum absolute atomic E-state index is 0.000994. The maximum atomic E-state index is 12.8. The van der Waals surface area contributed by atoms with E-state index in [1.165, 1.54) is 46.5 Å². The lowest BCUT2D eigenvalue weighted by Crippen LogP contribution is -2.25. The molecule has 2 N–H and O–H groups in total. The third-order valence-corrected chi connectivity index (χ3v) is 6.13. The first-order chi connectivity index (χ1) is 14.3. The lowest BCUT2D eigenvalue weighted by molar-refractivity contribution is -0.141. The average molecular weight is 427 g/mol. The molecule has 1 aromatic heterocycles. The predicted octanol–water partition coefficient (Wildman–Crippen LogP) is 1.51. The number of hydrogen-bond donors (Lipinski definition) is 2. The highest BCUT2D eigenvalue weighted by atomic mass is 32.2. The van der Waals surface area contributed by atoms with Crippen LogP contribution in [0.25, 0.3) is 5.69 Å². The van der Waals surface area contributed by atoms with Gasteiger partial charge in [0, 0.05) is 18.7 Å². The molecule has 11 heteroatoms. The molecule has 0 spiro atoms. The molecular weight excluding hydrogens is 410 g/mol. The number of rotatable bonds is 6. The number of benzene rings is 2. The number of nitrogens with one attached hydrogen (secondary N) is 1. The van der Waals surface area contributed by atoms with Gasteiger partial charge in [-0.2, -0.15) is 5.10 Å². The molecule has 1 atom stereocenters. The summed E-state index contributed by atoms with van der Waals surface area (Å²) in [6, 6.07) is 12.5. The van der Waals surface area contributed by atoms with Gasteiger partial charge in [-0.1, -0.05) is 12.1 Å². The fourth-order valence-corrected chi connectivity index (χ4v) is 4.30. The van der Waals surface area contributed by atoms with Crippen LogP contribution in [-0.2, 0) is 19.6 Å². The number of amides is 1. The highest BCUT2D eigenvalue weighted by Gasteiger charge is 2.35. The standard InChI is InChI=1S/C19H17N5O5S/c25-18-9-13(19(26)27)10-23(18)14-5-7-15(8-6-14)30(28,29)22-16-3-1-2-4-17(16)24-12-20-11-21-24/h1-8,11-13,22H,9-10H2,(H,26,27). The number of carboxylic acid groups (broad SMARTS) is 1. The van der Waals surface area contributed by atoms with Crippen molar-refractivity contribution >= 4 is 33.3 Å². The fraction of sp³-hybridized carbons (Fsp3) is 0.158. The Morgan fingerprint density at radius 3 is 2.50 bits per heavy atom. The Kier molecular flexibility index (Phi) is 4.96. The number of sulfonamides is 1. The van der Waals surface area contributed by atoms with Gasteiger partial charge in [-0.3, -0.25) is 14.3 Å². The van der Waals surface area contributed by atoms with E-state index in [1.54, 1.807) is 24.3 Å². The summed E-state index contributed by atoms with van der Waals surface area (Å²) in [6.45, 7) is 0.0593. The number of carbonyl (C=O) groups excluding carboxylic acids is 1. The van der Waals surface area contributed by atoms with Crippen LogP contribution in [0.3, 0.4) is 0 Å². The Morgan fingerprint density at radius 1 is 1.13 bits per heavy atom. The molecule has 1 aliphatic heterocycles. The zero-order valence-electron chi connectivity index (χ0n) is 15.5. The first-order valence-corrected chi connectivity index (χ1v) is 10.4. The summed E-state index contributed by atoms with van der Waals surface area (Å²) in [5.41, 5.74) is 1.29. The second-order valence-corrected chi connectivity index (χ2v) is 8.38. The molecule has 154 valence electrons. The Balaban J connectivity index is 1.57. The largest absolute Gasteiger partial charge is 0.481 e. The highest BCUT2D eigenvalue weighted by molar-refractivity contribution is 7.92. The third kappa shape index (κ3) is 3.74. The van der Waals surface area contributed by atoms with E-state index in [4.69, 9.17) is 5.11 Å². The van der Waals surface area contributed by atoms with Crippen LogP contribution in [0.4, 0.5) is 11.4 Å². The summed E-state index contributed by atoms with van der Waals surface area (Å²) < 4.78 is 29.7. The minimum atomic E-state index is -3.91. The van der Waals surface area contributed by atoms with Crippen molar-refractivity contribution < 1.29 is 23.1 Å². The molecule has 10 nitrogen and oxygen atoms in total. The summed E-state index contributed by atoms with van der Waals surface area (Å²) in [5, 5.41) is 13.1. The molecule has 3 aromatic rings. The molecule has 0 radical (unpaired) electrons. The third-order valence-electron chi connectivity index (χ3n) is 4.75. The highest BCUT2D eigenvalue weighted by Crippen LogP contribution is 2.27. The molecule has 0 bridgehead atoms. The zero-order chi connectivity index (χ0) is 21.3. The van der Waals surface area contributed by atoms with Crippen molar-refractivity contribution in [3.63, 3.8) is 0 Å². The lowest BCUT2D eigenvalue weighted by Gasteiger charge is -2.17.